The van der Waals surface area contributed by atoms with E-state index in [1.54, 1.807) is 4.57 Å². The molecule has 0 fully saturated rings. The first-order valence-electron chi connectivity index (χ1n) is 8.39. The largest absolute Gasteiger partial charge is 0.493 e. The van der Waals surface area contributed by atoms with Crippen LogP contribution in [-0.4, -0.2) is 15.9 Å². The number of hydrogen-bond acceptors (Lipinski definition) is 4. The summed E-state index contributed by atoms with van der Waals surface area (Å²) in [5, 5.41) is 10.6. The van der Waals surface area contributed by atoms with E-state index in [4.69, 9.17) is 4.99 Å². The SMILES string of the molecule is Cc1cccc(C)c1N=c1sc(/C=C2\C=Nc3ccccc32)c(O)n1C. The van der Waals surface area contributed by atoms with Crippen molar-refractivity contribution in [2.75, 3.05) is 0 Å². The van der Waals surface area contributed by atoms with Crippen molar-refractivity contribution in [3.63, 3.8) is 0 Å². The summed E-state index contributed by atoms with van der Waals surface area (Å²) in [4.78, 5) is 10.8. The lowest BCUT2D eigenvalue weighted by molar-refractivity contribution is 0.427. The molecule has 1 aliphatic heterocycles. The molecule has 0 bridgehead atoms. The third-order valence-electron chi connectivity index (χ3n) is 4.52. The minimum atomic E-state index is 0.213. The number of aryl methyl sites for hydroxylation is 2. The van der Waals surface area contributed by atoms with E-state index in [-0.39, 0.29) is 5.88 Å². The molecule has 0 atom stereocenters. The molecule has 0 aliphatic carbocycles. The third kappa shape index (κ3) is 2.80. The van der Waals surface area contributed by atoms with Gasteiger partial charge in [-0.3, -0.25) is 9.56 Å². The molecule has 0 unspecified atom stereocenters. The smallest absolute Gasteiger partial charge is 0.210 e. The first-order valence-corrected chi connectivity index (χ1v) is 9.21. The Bertz CT molecular complexity index is 1110. The Morgan fingerprint density at radius 2 is 1.81 bits per heavy atom. The van der Waals surface area contributed by atoms with Crippen molar-refractivity contribution in [2.45, 2.75) is 13.8 Å². The van der Waals surface area contributed by atoms with Crippen molar-refractivity contribution in [3.8, 4) is 5.88 Å². The molecule has 1 aromatic heterocycles. The number of allylic oxidation sites excluding steroid dienone is 1. The van der Waals surface area contributed by atoms with Crippen LogP contribution in [0.1, 0.15) is 21.6 Å². The highest BCUT2D eigenvalue weighted by Crippen LogP contribution is 2.34. The predicted molar refractivity (Wildman–Crippen MR) is 109 cm³/mol. The van der Waals surface area contributed by atoms with Gasteiger partial charge in [-0.2, -0.15) is 0 Å². The van der Waals surface area contributed by atoms with E-state index in [0.29, 0.717) is 0 Å². The van der Waals surface area contributed by atoms with Gasteiger partial charge in [-0.15, -0.1) is 0 Å². The van der Waals surface area contributed by atoms with Gasteiger partial charge < -0.3 is 5.11 Å². The van der Waals surface area contributed by atoms with E-state index in [1.165, 1.54) is 11.3 Å². The van der Waals surface area contributed by atoms with Crippen molar-refractivity contribution >= 4 is 40.6 Å². The molecule has 130 valence electrons. The van der Waals surface area contributed by atoms with Crippen LogP contribution < -0.4 is 4.80 Å². The van der Waals surface area contributed by atoms with E-state index in [1.807, 2.05) is 75.7 Å². The summed E-state index contributed by atoms with van der Waals surface area (Å²) in [7, 11) is 1.83. The van der Waals surface area contributed by atoms with Crippen LogP contribution in [0, 0.1) is 13.8 Å². The van der Waals surface area contributed by atoms with Gasteiger partial charge in [-0.25, -0.2) is 4.99 Å². The van der Waals surface area contributed by atoms with Crippen LogP contribution in [0.4, 0.5) is 11.4 Å². The Hall–Kier alpha value is -2.92. The Morgan fingerprint density at radius 3 is 2.58 bits per heavy atom. The number of rotatable bonds is 2. The molecule has 0 amide bonds. The highest BCUT2D eigenvalue weighted by atomic mass is 32.1. The molecule has 26 heavy (non-hydrogen) atoms. The van der Waals surface area contributed by atoms with Gasteiger partial charge in [-0.1, -0.05) is 47.7 Å². The van der Waals surface area contributed by atoms with Gasteiger partial charge >= 0.3 is 0 Å². The minimum Gasteiger partial charge on any atom is -0.493 e. The summed E-state index contributed by atoms with van der Waals surface area (Å²) in [6.45, 7) is 4.10. The Morgan fingerprint density at radius 1 is 1.08 bits per heavy atom. The first-order chi connectivity index (χ1) is 12.5. The molecule has 3 aromatic rings. The Labute approximate surface area is 156 Å². The van der Waals surface area contributed by atoms with Gasteiger partial charge in [-0.05, 0) is 37.1 Å². The summed E-state index contributed by atoms with van der Waals surface area (Å²) in [6, 6.07) is 14.1. The molecule has 1 N–H and O–H groups in total. The minimum absolute atomic E-state index is 0.213. The Balaban J connectivity index is 1.82. The van der Waals surface area contributed by atoms with Gasteiger partial charge in [0.25, 0.3) is 0 Å². The maximum Gasteiger partial charge on any atom is 0.210 e. The zero-order valence-corrected chi connectivity index (χ0v) is 15.7. The highest BCUT2D eigenvalue weighted by Gasteiger charge is 2.14. The topological polar surface area (TPSA) is 49.9 Å². The molecule has 1 aliphatic rings. The first kappa shape index (κ1) is 16.5. The molecule has 4 rings (SSSR count). The van der Waals surface area contributed by atoms with E-state index in [2.05, 4.69) is 4.99 Å². The molecule has 5 heteroatoms. The van der Waals surface area contributed by atoms with Gasteiger partial charge in [0.15, 0.2) is 4.80 Å². The molecular weight excluding hydrogens is 342 g/mol. The van der Waals surface area contributed by atoms with Gasteiger partial charge in [0.05, 0.1) is 16.3 Å². The summed E-state index contributed by atoms with van der Waals surface area (Å²) in [6.07, 6.45) is 3.81. The van der Waals surface area contributed by atoms with E-state index >= 15 is 0 Å². The Kier molecular flexibility index (Phi) is 4.09. The van der Waals surface area contributed by atoms with Crippen LogP contribution in [0.25, 0.3) is 11.6 Å². The number of benzene rings is 2. The molecule has 0 spiro atoms. The molecule has 2 aromatic carbocycles. The normalized spacial score (nSPS) is 15.0. The summed E-state index contributed by atoms with van der Waals surface area (Å²) >= 11 is 1.47. The van der Waals surface area contributed by atoms with Gasteiger partial charge in [0.1, 0.15) is 0 Å². The van der Waals surface area contributed by atoms with Crippen molar-refractivity contribution in [1.82, 2.24) is 4.57 Å². The molecule has 2 heterocycles. The summed E-state index contributed by atoms with van der Waals surface area (Å²) in [5.41, 5.74) is 6.23. The molecule has 0 saturated carbocycles. The fraction of sp³-hybridized carbons (Fsp3) is 0.143. The second-order valence-electron chi connectivity index (χ2n) is 6.36. The van der Waals surface area contributed by atoms with Crippen molar-refractivity contribution < 1.29 is 5.11 Å². The van der Waals surface area contributed by atoms with Crippen LogP contribution in [-0.2, 0) is 7.05 Å². The summed E-state index contributed by atoms with van der Waals surface area (Å²) in [5.74, 6) is 0.213. The molecule has 0 saturated heterocycles. The molecule has 0 radical (unpaired) electrons. The zero-order valence-electron chi connectivity index (χ0n) is 14.9. The van der Waals surface area contributed by atoms with Crippen molar-refractivity contribution in [1.29, 1.82) is 0 Å². The number of hydrogen-bond donors (Lipinski definition) is 1. The second kappa shape index (κ2) is 6.42. The van der Waals surface area contributed by atoms with E-state index in [9.17, 15) is 5.11 Å². The van der Waals surface area contributed by atoms with Crippen molar-refractivity contribution in [3.05, 3.63) is 68.8 Å². The number of thiazole rings is 1. The quantitative estimate of drug-likeness (QED) is 0.693. The monoisotopic (exact) mass is 361 g/mol. The van der Waals surface area contributed by atoms with Crippen LogP contribution in [0.3, 0.4) is 0 Å². The summed E-state index contributed by atoms with van der Waals surface area (Å²) < 4.78 is 1.72. The number of nitrogens with zero attached hydrogens (tertiary/aromatic N) is 3. The lowest BCUT2D eigenvalue weighted by Crippen LogP contribution is -2.09. The number of fused-ring (bicyclic) bond motifs is 1. The number of aromatic nitrogens is 1. The number of aliphatic imine (C=N–C) groups is 1. The van der Waals surface area contributed by atoms with Crippen LogP contribution >= 0.6 is 11.3 Å². The lowest BCUT2D eigenvalue weighted by Gasteiger charge is -2.03. The fourth-order valence-electron chi connectivity index (χ4n) is 3.03. The molecule has 4 nitrogen and oxygen atoms in total. The van der Waals surface area contributed by atoms with Crippen LogP contribution in [0.5, 0.6) is 5.88 Å². The lowest BCUT2D eigenvalue weighted by atomic mass is 10.1. The van der Waals surface area contributed by atoms with E-state index in [0.717, 1.165) is 43.3 Å². The van der Waals surface area contributed by atoms with Crippen LogP contribution in [0.15, 0.2) is 52.4 Å². The maximum atomic E-state index is 10.6. The van der Waals surface area contributed by atoms with Crippen LogP contribution in [0.2, 0.25) is 0 Å². The number of aromatic hydroxyl groups is 1. The standard InChI is InChI=1S/C21H19N3OS/c1-13-7-6-8-14(2)19(13)23-21-24(3)20(25)18(26-21)11-15-12-22-17-10-5-4-9-16(15)17/h4-12,25H,1-3H3/b15-11+,23-21?. The van der Waals surface area contributed by atoms with Gasteiger partial charge in [0, 0.05) is 24.4 Å². The highest BCUT2D eigenvalue weighted by molar-refractivity contribution is 7.10. The fourth-order valence-corrected chi connectivity index (χ4v) is 4.00. The van der Waals surface area contributed by atoms with Crippen molar-refractivity contribution in [2.24, 2.45) is 17.0 Å². The molecular formula is C21H19N3OS. The zero-order chi connectivity index (χ0) is 18.3. The number of para-hydroxylation sites is 2. The van der Waals surface area contributed by atoms with E-state index < -0.39 is 0 Å². The average Bonchev–Trinajstić information content (AvgIpc) is 3.15. The second-order valence-corrected chi connectivity index (χ2v) is 7.37. The maximum absolute atomic E-state index is 10.6. The third-order valence-corrected chi connectivity index (χ3v) is 5.59. The van der Waals surface area contributed by atoms with Gasteiger partial charge in [0.2, 0.25) is 5.88 Å². The average molecular weight is 361 g/mol. The predicted octanol–water partition coefficient (Wildman–Crippen LogP) is 4.90.